The number of hydrogen-bond donors (Lipinski definition) is 1. The maximum atomic E-state index is 12.5. The van der Waals surface area contributed by atoms with Crippen LogP contribution in [0.3, 0.4) is 0 Å². The van der Waals surface area contributed by atoms with Crippen molar-refractivity contribution in [1.29, 1.82) is 0 Å². The minimum atomic E-state index is -0.919. The van der Waals surface area contributed by atoms with Gasteiger partial charge in [-0.2, -0.15) is 0 Å². The van der Waals surface area contributed by atoms with Crippen LogP contribution in [0.25, 0.3) is 0 Å². The molecule has 0 aromatic heterocycles. The molecule has 1 aromatic carbocycles. The van der Waals surface area contributed by atoms with E-state index in [1.165, 1.54) is 0 Å². The topological polar surface area (TPSA) is 57.6 Å². The molecule has 1 unspecified atom stereocenters. The fourth-order valence-corrected chi connectivity index (χ4v) is 4.00. The Morgan fingerprint density at radius 2 is 2.10 bits per heavy atom. The average molecular weight is 307 g/mol. The lowest BCUT2D eigenvalue weighted by molar-refractivity contribution is -0.132. The third-order valence-corrected chi connectivity index (χ3v) is 5.49. The molecule has 0 spiro atoms. The van der Waals surface area contributed by atoms with E-state index in [9.17, 15) is 9.59 Å². The van der Waals surface area contributed by atoms with E-state index in [0.717, 1.165) is 24.2 Å². The number of rotatable bonds is 5. The van der Waals surface area contributed by atoms with Crippen LogP contribution in [0.15, 0.2) is 24.3 Å². The highest BCUT2D eigenvalue weighted by atomic mass is 32.2. The molecule has 1 amide bonds. The van der Waals surface area contributed by atoms with Crippen molar-refractivity contribution in [2.45, 2.75) is 30.9 Å². The first-order chi connectivity index (χ1) is 9.94. The van der Waals surface area contributed by atoms with Gasteiger partial charge in [-0.1, -0.05) is 18.2 Å². The summed E-state index contributed by atoms with van der Waals surface area (Å²) in [4.78, 5) is 25.4. The Labute approximate surface area is 129 Å². The van der Waals surface area contributed by atoms with Crippen LogP contribution in [0, 0.1) is 0 Å². The van der Waals surface area contributed by atoms with Gasteiger partial charge >= 0.3 is 5.97 Å². The molecule has 0 bridgehead atoms. The van der Waals surface area contributed by atoms with Crippen molar-refractivity contribution < 1.29 is 14.7 Å². The van der Waals surface area contributed by atoms with E-state index in [2.05, 4.69) is 0 Å². The normalized spacial score (nSPS) is 21.2. The first-order valence-electron chi connectivity index (χ1n) is 7.15. The van der Waals surface area contributed by atoms with Crippen molar-refractivity contribution in [3.05, 3.63) is 35.4 Å². The molecule has 1 aromatic rings. The highest BCUT2D eigenvalue weighted by Gasteiger charge is 2.38. The monoisotopic (exact) mass is 307 g/mol. The molecular formula is C16H21NO3S. The zero-order chi connectivity index (χ0) is 15.5. The number of carbonyl (C=O) groups is 2. The number of likely N-dealkylation sites (N-methyl/N-ethyl adjacent to an activating group) is 1. The number of aromatic carboxylic acids is 1. The maximum Gasteiger partial charge on any atom is 0.335 e. The Balaban J connectivity index is 2.00. The minimum absolute atomic E-state index is 0.151. The number of carbonyl (C=O) groups excluding carboxylic acids is 1. The van der Waals surface area contributed by atoms with Gasteiger partial charge in [-0.25, -0.2) is 4.79 Å². The Bertz CT molecular complexity index is 538. The molecule has 1 aliphatic heterocycles. The molecule has 2 rings (SSSR count). The number of thioether (sulfide) groups is 1. The fraction of sp³-hybridized carbons (Fsp3) is 0.500. The molecule has 21 heavy (non-hydrogen) atoms. The summed E-state index contributed by atoms with van der Waals surface area (Å²) in [6, 6.07) is 6.97. The van der Waals surface area contributed by atoms with Gasteiger partial charge < -0.3 is 10.0 Å². The molecular weight excluding hydrogens is 286 g/mol. The summed E-state index contributed by atoms with van der Waals surface area (Å²) >= 11 is 1.73. The van der Waals surface area contributed by atoms with Gasteiger partial charge in [0.15, 0.2) is 0 Å². The summed E-state index contributed by atoms with van der Waals surface area (Å²) in [5, 5.41) is 9.17. The lowest BCUT2D eigenvalue weighted by Gasteiger charge is -2.28. The quantitative estimate of drug-likeness (QED) is 0.908. The molecule has 1 saturated heterocycles. The first kappa shape index (κ1) is 15.9. The van der Waals surface area contributed by atoms with E-state index in [1.54, 1.807) is 35.8 Å². The average Bonchev–Trinajstić information content (AvgIpc) is 2.92. The fourth-order valence-electron chi connectivity index (χ4n) is 2.69. The summed E-state index contributed by atoms with van der Waals surface area (Å²) in [7, 11) is 1.80. The molecule has 5 heteroatoms. The van der Waals surface area contributed by atoms with Crippen LogP contribution in [0.5, 0.6) is 0 Å². The van der Waals surface area contributed by atoms with E-state index in [0.29, 0.717) is 18.5 Å². The van der Waals surface area contributed by atoms with Crippen LogP contribution in [0.1, 0.15) is 35.7 Å². The maximum absolute atomic E-state index is 12.5. The van der Waals surface area contributed by atoms with Crippen LogP contribution in [0.4, 0.5) is 0 Å². The van der Waals surface area contributed by atoms with Crippen LogP contribution in [0.2, 0.25) is 0 Å². The molecule has 1 atom stereocenters. The van der Waals surface area contributed by atoms with Crippen molar-refractivity contribution in [1.82, 2.24) is 4.90 Å². The van der Waals surface area contributed by atoms with Crippen LogP contribution >= 0.6 is 11.8 Å². The SMILES string of the molecule is CN(CCc1ccccc1C(=O)O)C(=O)C1(C)CCCS1. The predicted molar refractivity (Wildman–Crippen MR) is 84.8 cm³/mol. The lowest BCUT2D eigenvalue weighted by Crippen LogP contribution is -2.42. The Kier molecular flexibility index (Phi) is 4.93. The third-order valence-electron chi connectivity index (χ3n) is 3.98. The second-order valence-electron chi connectivity index (χ2n) is 5.62. The van der Waals surface area contributed by atoms with E-state index in [4.69, 9.17) is 5.11 Å². The third kappa shape index (κ3) is 3.59. The Morgan fingerprint density at radius 1 is 1.38 bits per heavy atom. The van der Waals surface area contributed by atoms with Crippen molar-refractivity contribution in [2.24, 2.45) is 0 Å². The number of benzene rings is 1. The zero-order valence-corrected chi connectivity index (χ0v) is 13.3. The molecule has 1 aliphatic rings. The zero-order valence-electron chi connectivity index (χ0n) is 12.5. The largest absolute Gasteiger partial charge is 0.478 e. The Hall–Kier alpha value is -1.49. The molecule has 0 radical (unpaired) electrons. The minimum Gasteiger partial charge on any atom is -0.478 e. The van der Waals surface area contributed by atoms with Gasteiger partial charge in [-0.15, -0.1) is 11.8 Å². The van der Waals surface area contributed by atoms with Crippen molar-refractivity contribution in [2.75, 3.05) is 19.3 Å². The van der Waals surface area contributed by atoms with Crippen LogP contribution in [-0.2, 0) is 11.2 Å². The molecule has 0 aliphatic carbocycles. The van der Waals surface area contributed by atoms with Crippen molar-refractivity contribution in [3.8, 4) is 0 Å². The standard InChI is InChI=1S/C16H21NO3S/c1-16(9-5-11-21-16)15(20)17(2)10-8-12-6-3-4-7-13(12)14(18)19/h3-4,6-7H,5,8-11H2,1-2H3,(H,18,19). The smallest absolute Gasteiger partial charge is 0.335 e. The molecule has 114 valence electrons. The van der Waals surface area contributed by atoms with Gasteiger partial charge in [0.2, 0.25) is 5.91 Å². The lowest BCUT2D eigenvalue weighted by atomic mass is 10.0. The van der Waals surface area contributed by atoms with E-state index >= 15 is 0 Å². The highest BCUT2D eigenvalue weighted by Crippen LogP contribution is 2.38. The van der Waals surface area contributed by atoms with E-state index in [1.807, 2.05) is 19.1 Å². The summed E-state index contributed by atoms with van der Waals surface area (Å²) in [5.74, 6) is 0.272. The number of nitrogens with zero attached hydrogens (tertiary/aromatic N) is 1. The molecule has 1 heterocycles. The van der Waals surface area contributed by atoms with Gasteiger partial charge in [0.05, 0.1) is 10.3 Å². The molecule has 1 fully saturated rings. The first-order valence-corrected chi connectivity index (χ1v) is 8.13. The number of carboxylic acids is 1. The summed E-state index contributed by atoms with van der Waals surface area (Å²) < 4.78 is -0.304. The summed E-state index contributed by atoms with van der Waals surface area (Å²) in [5.41, 5.74) is 1.09. The second-order valence-corrected chi connectivity index (χ2v) is 7.22. The van der Waals surface area contributed by atoms with Gasteiger partial charge in [-0.05, 0) is 43.6 Å². The van der Waals surface area contributed by atoms with E-state index < -0.39 is 5.97 Å². The molecule has 0 saturated carbocycles. The number of hydrogen-bond acceptors (Lipinski definition) is 3. The predicted octanol–water partition coefficient (Wildman–Crippen LogP) is 2.67. The van der Waals surface area contributed by atoms with Gasteiger partial charge in [0.25, 0.3) is 0 Å². The van der Waals surface area contributed by atoms with Crippen molar-refractivity contribution in [3.63, 3.8) is 0 Å². The number of amides is 1. The van der Waals surface area contributed by atoms with Crippen molar-refractivity contribution >= 4 is 23.6 Å². The molecule has 1 N–H and O–H groups in total. The summed E-state index contributed by atoms with van der Waals surface area (Å²) in [6.45, 7) is 2.55. The highest BCUT2D eigenvalue weighted by molar-refractivity contribution is 8.01. The Morgan fingerprint density at radius 3 is 2.71 bits per heavy atom. The van der Waals surface area contributed by atoms with Gasteiger partial charge in [0.1, 0.15) is 0 Å². The van der Waals surface area contributed by atoms with Crippen LogP contribution < -0.4 is 0 Å². The van der Waals surface area contributed by atoms with Gasteiger partial charge in [-0.3, -0.25) is 4.79 Å². The summed E-state index contributed by atoms with van der Waals surface area (Å²) in [6.07, 6.45) is 2.57. The molecule has 4 nitrogen and oxygen atoms in total. The van der Waals surface area contributed by atoms with Crippen LogP contribution in [-0.4, -0.2) is 46.0 Å². The number of carboxylic acid groups (broad SMARTS) is 1. The van der Waals surface area contributed by atoms with Gasteiger partial charge in [0, 0.05) is 13.6 Å². The van der Waals surface area contributed by atoms with E-state index in [-0.39, 0.29) is 10.7 Å². The second kappa shape index (κ2) is 6.52.